The molecule has 0 fully saturated rings. The summed E-state index contributed by atoms with van der Waals surface area (Å²) in [5, 5.41) is 14.2. The molecule has 2 heterocycles. The van der Waals surface area contributed by atoms with Gasteiger partial charge in [-0.15, -0.1) is 0 Å². The normalized spacial score (nSPS) is 13.0. The standard InChI is InChI=1S/C7H8N4S2/c1-5(6-2-3-13-4-6)11-7(12)8-9-10-11/h2-5H,1H3,(H,8,10,12). The third-order valence-corrected chi connectivity index (χ3v) is 2.89. The van der Waals surface area contributed by atoms with Crippen molar-refractivity contribution < 1.29 is 0 Å². The lowest BCUT2D eigenvalue weighted by molar-refractivity contribution is 0.539. The summed E-state index contributed by atoms with van der Waals surface area (Å²) in [5.41, 5.74) is 1.21. The molecule has 13 heavy (non-hydrogen) atoms. The van der Waals surface area contributed by atoms with Gasteiger partial charge in [-0.05, 0) is 41.5 Å². The van der Waals surface area contributed by atoms with Gasteiger partial charge in [0.05, 0.1) is 6.04 Å². The van der Waals surface area contributed by atoms with Gasteiger partial charge < -0.3 is 0 Å². The maximum Gasteiger partial charge on any atom is 0.238 e. The highest BCUT2D eigenvalue weighted by atomic mass is 32.1. The topological polar surface area (TPSA) is 46.5 Å². The molecule has 4 nitrogen and oxygen atoms in total. The molecule has 0 aromatic carbocycles. The number of nitrogens with one attached hydrogen (secondary N) is 1. The maximum atomic E-state index is 5.00. The van der Waals surface area contributed by atoms with Crippen LogP contribution in [-0.2, 0) is 0 Å². The Balaban J connectivity index is 2.39. The molecule has 0 aliphatic carbocycles. The largest absolute Gasteiger partial charge is 0.238 e. The van der Waals surface area contributed by atoms with E-state index in [2.05, 4.69) is 33.9 Å². The molecule has 0 spiro atoms. The van der Waals surface area contributed by atoms with Gasteiger partial charge in [-0.1, -0.05) is 10.3 Å². The first kappa shape index (κ1) is 8.58. The zero-order valence-electron chi connectivity index (χ0n) is 6.97. The Morgan fingerprint density at radius 3 is 3.08 bits per heavy atom. The van der Waals surface area contributed by atoms with Gasteiger partial charge in [-0.3, -0.25) is 0 Å². The fourth-order valence-electron chi connectivity index (χ4n) is 1.12. The van der Waals surface area contributed by atoms with Crippen LogP contribution in [0.1, 0.15) is 18.5 Å². The Morgan fingerprint density at radius 2 is 2.54 bits per heavy atom. The number of hydrogen-bond acceptors (Lipinski definition) is 4. The van der Waals surface area contributed by atoms with Crippen LogP contribution in [0.5, 0.6) is 0 Å². The molecule has 0 aliphatic rings. The molecule has 0 saturated carbocycles. The number of H-pyrrole nitrogens is 1. The first-order valence-electron chi connectivity index (χ1n) is 3.80. The van der Waals surface area contributed by atoms with E-state index in [9.17, 15) is 0 Å². The summed E-state index contributed by atoms with van der Waals surface area (Å²) in [7, 11) is 0. The SMILES string of the molecule is CC(c1ccsc1)n1[nH]nnc1=S. The van der Waals surface area contributed by atoms with E-state index in [0.29, 0.717) is 4.77 Å². The highest BCUT2D eigenvalue weighted by Gasteiger charge is 2.09. The fourth-order valence-corrected chi connectivity index (χ4v) is 2.10. The van der Waals surface area contributed by atoms with Crippen LogP contribution < -0.4 is 0 Å². The summed E-state index contributed by atoms with van der Waals surface area (Å²) in [6.07, 6.45) is 0. The molecular formula is C7H8N4S2. The molecule has 6 heteroatoms. The Labute approximate surface area is 84.2 Å². The number of tetrazole rings is 1. The van der Waals surface area contributed by atoms with Crippen LogP contribution >= 0.6 is 23.6 Å². The first-order chi connectivity index (χ1) is 6.29. The van der Waals surface area contributed by atoms with E-state index in [1.807, 2.05) is 5.38 Å². The van der Waals surface area contributed by atoms with Crippen LogP contribution in [0.4, 0.5) is 0 Å². The molecule has 1 unspecified atom stereocenters. The molecule has 0 aliphatic heterocycles. The van der Waals surface area contributed by atoms with Gasteiger partial charge >= 0.3 is 0 Å². The van der Waals surface area contributed by atoms with Crippen LogP contribution in [0, 0.1) is 4.77 Å². The smallest absolute Gasteiger partial charge is 0.235 e. The molecule has 0 bridgehead atoms. The molecular weight excluding hydrogens is 204 g/mol. The molecule has 0 radical (unpaired) electrons. The Kier molecular flexibility index (Phi) is 2.24. The Morgan fingerprint density at radius 1 is 1.69 bits per heavy atom. The Hall–Kier alpha value is -1.01. The van der Waals surface area contributed by atoms with Crippen molar-refractivity contribution >= 4 is 23.6 Å². The average Bonchev–Trinajstić information content (AvgIpc) is 2.72. The molecule has 0 saturated heterocycles. The minimum Gasteiger partial charge on any atom is -0.235 e. The third kappa shape index (κ3) is 1.54. The number of hydrogen-bond donors (Lipinski definition) is 1. The van der Waals surface area contributed by atoms with E-state index < -0.39 is 0 Å². The van der Waals surface area contributed by atoms with Crippen LogP contribution in [-0.4, -0.2) is 20.2 Å². The molecule has 2 rings (SSSR count). The van der Waals surface area contributed by atoms with Crippen molar-refractivity contribution in [3.63, 3.8) is 0 Å². The number of thiophene rings is 1. The highest BCUT2D eigenvalue weighted by Crippen LogP contribution is 2.18. The summed E-state index contributed by atoms with van der Waals surface area (Å²) >= 11 is 6.67. The van der Waals surface area contributed by atoms with Crippen molar-refractivity contribution in [3.05, 3.63) is 27.2 Å². The van der Waals surface area contributed by atoms with Gasteiger partial charge in [-0.2, -0.15) is 16.6 Å². The molecule has 1 N–H and O–H groups in total. The molecule has 0 amide bonds. The number of nitrogens with zero attached hydrogens (tertiary/aromatic N) is 3. The Bertz CT molecular complexity index is 427. The summed E-state index contributed by atoms with van der Waals surface area (Å²) in [5.74, 6) is 0. The second-order valence-electron chi connectivity index (χ2n) is 2.69. The van der Waals surface area contributed by atoms with Gasteiger partial charge in [0.1, 0.15) is 0 Å². The van der Waals surface area contributed by atoms with Gasteiger partial charge in [0.2, 0.25) is 4.77 Å². The van der Waals surface area contributed by atoms with E-state index in [0.717, 1.165) is 0 Å². The minimum absolute atomic E-state index is 0.175. The van der Waals surface area contributed by atoms with Crippen molar-refractivity contribution in [3.8, 4) is 0 Å². The van der Waals surface area contributed by atoms with Crippen molar-refractivity contribution in [2.24, 2.45) is 0 Å². The number of aromatic amines is 1. The zero-order chi connectivity index (χ0) is 9.26. The lowest BCUT2D eigenvalue weighted by Gasteiger charge is -2.08. The molecule has 2 aromatic heterocycles. The molecule has 2 aromatic rings. The van der Waals surface area contributed by atoms with E-state index in [-0.39, 0.29) is 6.04 Å². The minimum atomic E-state index is 0.175. The van der Waals surface area contributed by atoms with Crippen molar-refractivity contribution in [2.75, 3.05) is 0 Å². The van der Waals surface area contributed by atoms with E-state index in [1.54, 1.807) is 16.0 Å². The lowest BCUT2D eigenvalue weighted by Crippen LogP contribution is -2.07. The maximum absolute atomic E-state index is 5.00. The van der Waals surface area contributed by atoms with Gasteiger partial charge in [0.15, 0.2) is 0 Å². The van der Waals surface area contributed by atoms with Gasteiger partial charge in [0, 0.05) is 0 Å². The van der Waals surface area contributed by atoms with Gasteiger partial charge in [-0.25, -0.2) is 4.68 Å². The predicted molar refractivity (Wildman–Crippen MR) is 53.3 cm³/mol. The van der Waals surface area contributed by atoms with Crippen molar-refractivity contribution in [1.82, 2.24) is 20.2 Å². The summed E-state index contributed by atoms with van der Waals surface area (Å²) < 4.78 is 2.25. The van der Waals surface area contributed by atoms with Crippen molar-refractivity contribution in [2.45, 2.75) is 13.0 Å². The average molecular weight is 212 g/mol. The fraction of sp³-hybridized carbons (Fsp3) is 0.286. The van der Waals surface area contributed by atoms with E-state index in [1.165, 1.54) is 5.56 Å². The second-order valence-corrected chi connectivity index (χ2v) is 3.83. The van der Waals surface area contributed by atoms with Crippen molar-refractivity contribution in [1.29, 1.82) is 0 Å². The zero-order valence-corrected chi connectivity index (χ0v) is 8.60. The van der Waals surface area contributed by atoms with Crippen LogP contribution in [0.15, 0.2) is 16.8 Å². The first-order valence-corrected chi connectivity index (χ1v) is 5.16. The van der Waals surface area contributed by atoms with Crippen LogP contribution in [0.2, 0.25) is 0 Å². The summed E-state index contributed by atoms with van der Waals surface area (Å²) in [6, 6.07) is 2.24. The lowest BCUT2D eigenvalue weighted by atomic mass is 10.2. The van der Waals surface area contributed by atoms with Crippen LogP contribution in [0.3, 0.4) is 0 Å². The quantitative estimate of drug-likeness (QED) is 0.774. The van der Waals surface area contributed by atoms with Crippen LogP contribution in [0.25, 0.3) is 0 Å². The summed E-state index contributed by atoms with van der Waals surface area (Å²) in [6.45, 7) is 2.05. The monoisotopic (exact) mass is 212 g/mol. The predicted octanol–water partition coefficient (Wildman–Crippen LogP) is 2.01. The van der Waals surface area contributed by atoms with E-state index >= 15 is 0 Å². The van der Waals surface area contributed by atoms with Gasteiger partial charge in [0.25, 0.3) is 0 Å². The summed E-state index contributed by atoms with van der Waals surface area (Å²) in [4.78, 5) is 0. The third-order valence-electron chi connectivity index (χ3n) is 1.91. The highest BCUT2D eigenvalue weighted by molar-refractivity contribution is 7.71. The number of rotatable bonds is 2. The second kappa shape index (κ2) is 3.39. The molecule has 1 atom stereocenters. The molecule has 68 valence electrons. The number of aromatic nitrogens is 4. The van der Waals surface area contributed by atoms with E-state index in [4.69, 9.17) is 12.2 Å².